The number of hydrogen-bond acceptors (Lipinski definition) is 6. The summed E-state index contributed by atoms with van der Waals surface area (Å²) < 4.78 is 16.5. The predicted octanol–water partition coefficient (Wildman–Crippen LogP) is 4.57. The molecule has 6 nitrogen and oxygen atoms in total. The Morgan fingerprint density at radius 2 is 1.79 bits per heavy atom. The van der Waals surface area contributed by atoms with Crippen LogP contribution in [0.3, 0.4) is 0 Å². The predicted molar refractivity (Wildman–Crippen MR) is 110 cm³/mol. The van der Waals surface area contributed by atoms with Gasteiger partial charge in [0.25, 0.3) is 0 Å². The summed E-state index contributed by atoms with van der Waals surface area (Å²) in [4.78, 5) is 23.4. The molecule has 0 spiro atoms. The van der Waals surface area contributed by atoms with Crippen LogP contribution in [-0.2, 0) is 11.2 Å². The summed E-state index contributed by atoms with van der Waals surface area (Å²) in [6.07, 6.45) is 2.06. The zero-order chi connectivity index (χ0) is 21.2. The molecule has 0 atom stereocenters. The highest BCUT2D eigenvalue weighted by molar-refractivity contribution is 5.97. The van der Waals surface area contributed by atoms with Crippen molar-refractivity contribution in [2.24, 2.45) is 0 Å². The van der Waals surface area contributed by atoms with Gasteiger partial charge in [-0.2, -0.15) is 0 Å². The Hall–Kier alpha value is -3.02. The van der Waals surface area contributed by atoms with E-state index in [2.05, 4.69) is 0 Å². The van der Waals surface area contributed by atoms with Gasteiger partial charge in [0.2, 0.25) is 0 Å². The molecule has 0 amide bonds. The maximum Gasteiger partial charge on any atom is 0.338 e. The van der Waals surface area contributed by atoms with Crippen LogP contribution in [0.5, 0.6) is 17.2 Å². The molecule has 29 heavy (non-hydrogen) atoms. The van der Waals surface area contributed by atoms with Crippen LogP contribution in [0, 0.1) is 0 Å². The van der Waals surface area contributed by atoms with Gasteiger partial charge in [-0.1, -0.05) is 19.4 Å². The minimum Gasteiger partial charge on any atom is -0.507 e. The van der Waals surface area contributed by atoms with Crippen molar-refractivity contribution in [3.05, 3.63) is 53.1 Å². The third-order valence-corrected chi connectivity index (χ3v) is 4.28. The number of esters is 1. The Morgan fingerprint density at radius 3 is 2.48 bits per heavy atom. The van der Waals surface area contributed by atoms with E-state index >= 15 is 0 Å². The summed E-state index contributed by atoms with van der Waals surface area (Å²) in [6.45, 7) is 6.32. The number of hydrogen-bond donors (Lipinski definition) is 1. The van der Waals surface area contributed by atoms with Crippen molar-refractivity contribution < 1.29 is 28.9 Å². The number of carbonyl (C=O) groups excluding carboxylic acids is 2. The monoisotopic (exact) mass is 400 g/mol. The molecule has 0 aliphatic carbocycles. The van der Waals surface area contributed by atoms with E-state index in [4.69, 9.17) is 14.2 Å². The maximum absolute atomic E-state index is 11.8. The summed E-state index contributed by atoms with van der Waals surface area (Å²) in [5.41, 5.74) is 1.42. The topological polar surface area (TPSA) is 82.1 Å². The molecule has 0 saturated carbocycles. The normalized spacial score (nSPS) is 10.4. The fourth-order valence-corrected chi connectivity index (χ4v) is 2.89. The van der Waals surface area contributed by atoms with Crippen molar-refractivity contribution in [2.75, 3.05) is 19.8 Å². The Bertz CT molecular complexity index is 843. The van der Waals surface area contributed by atoms with E-state index in [1.54, 1.807) is 43.3 Å². The third kappa shape index (κ3) is 6.24. The average Bonchev–Trinajstić information content (AvgIpc) is 2.70. The largest absolute Gasteiger partial charge is 0.507 e. The first-order valence-corrected chi connectivity index (χ1v) is 9.86. The lowest BCUT2D eigenvalue weighted by Crippen LogP contribution is -2.08. The van der Waals surface area contributed by atoms with Gasteiger partial charge >= 0.3 is 5.97 Å². The molecule has 0 aliphatic rings. The van der Waals surface area contributed by atoms with E-state index in [0.717, 1.165) is 6.42 Å². The lowest BCUT2D eigenvalue weighted by Gasteiger charge is -2.15. The van der Waals surface area contributed by atoms with Crippen LogP contribution < -0.4 is 9.47 Å². The van der Waals surface area contributed by atoms with E-state index < -0.39 is 0 Å². The zero-order valence-corrected chi connectivity index (χ0v) is 17.2. The number of phenols is 1. The molecule has 2 rings (SSSR count). The van der Waals surface area contributed by atoms with Crippen LogP contribution in [0.15, 0.2) is 36.4 Å². The number of carbonyl (C=O) groups is 2. The van der Waals surface area contributed by atoms with E-state index in [-0.39, 0.29) is 17.5 Å². The average molecular weight is 400 g/mol. The molecular formula is C23H28O6. The maximum atomic E-state index is 11.8. The van der Waals surface area contributed by atoms with Crippen LogP contribution in [0.4, 0.5) is 0 Å². The van der Waals surface area contributed by atoms with Gasteiger partial charge in [0.05, 0.1) is 30.9 Å². The summed E-state index contributed by atoms with van der Waals surface area (Å²) in [7, 11) is 0. The summed E-state index contributed by atoms with van der Waals surface area (Å²) in [6, 6.07) is 10.2. The first-order chi connectivity index (χ1) is 14.0. The van der Waals surface area contributed by atoms with E-state index in [0.29, 0.717) is 60.9 Å². The van der Waals surface area contributed by atoms with E-state index in [1.165, 1.54) is 6.92 Å². The van der Waals surface area contributed by atoms with Gasteiger partial charge in [-0.05, 0) is 50.6 Å². The van der Waals surface area contributed by atoms with Crippen LogP contribution in [0.25, 0.3) is 0 Å². The molecule has 0 radical (unpaired) electrons. The second-order valence-corrected chi connectivity index (χ2v) is 6.54. The fraction of sp³-hybridized carbons (Fsp3) is 0.391. The second-order valence-electron chi connectivity index (χ2n) is 6.54. The van der Waals surface area contributed by atoms with Gasteiger partial charge in [0, 0.05) is 12.0 Å². The quantitative estimate of drug-likeness (QED) is 0.338. The SMILES string of the molecule is CCCc1c(OCCCOc2cccc(C(=O)OCC)c2)ccc(C(C)=O)c1O. The summed E-state index contributed by atoms with van der Waals surface area (Å²) in [5, 5.41) is 10.4. The van der Waals surface area contributed by atoms with E-state index in [9.17, 15) is 14.7 Å². The minimum atomic E-state index is -0.376. The lowest BCUT2D eigenvalue weighted by atomic mass is 10.0. The van der Waals surface area contributed by atoms with Crippen molar-refractivity contribution in [1.82, 2.24) is 0 Å². The molecular weight excluding hydrogens is 372 g/mol. The number of ketones is 1. The number of phenolic OH excluding ortho intramolecular Hbond substituents is 1. The Balaban J connectivity index is 1.90. The van der Waals surface area contributed by atoms with Gasteiger partial charge in [0.1, 0.15) is 17.2 Å². The highest BCUT2D eigenvalue weighted by Gasteiger charge is 2.15. The second kappa shape index (κ2) is 11.1. The summed E-state index contributed by atoms with van der Waals surface area (Å²) >= 11 is 0. The van der Waals surface area contributed by atoms with Crippen LogP contribution in [-0.4, -0.2) is 36.7 Å². The fourth-order valence-electron chi connectivity index (χ4n) is 2.89. The smallest absolute Gasteiger partial charge is 0.338 e. The summed E-state index contributed by atoms with van der Waals surface area (Å²) in [5.74, 6) is 0.622. The molecule has 0 bridgehead atoms. The molecule has 6 heteroatoms. The molecule has 0 unspecified atom stereocenters. The molecule has 2 aromatic rings. The molecule has 0 fully saturated rings. The molecule has 0 heterocycles. The van der Waals surface area contributed by atoms with Crippen molar-refractivity contribution in [3.63, 3.8) is 0 Å². The third-order valence-electron chi connectivity index (χ3n) is 4.28. The van der Waals surface area contributed by atoms with E-state index in [1.807, 2.05) is 6.92 Å². The number of ether oxygens (including phenoxy) is 3. The van der Waals surface area contributed by atoms with Crippen LogP contribution in [0.2, 0.25) is 0 Å². The van der Waals surface area contributed by atoms with Crippen molar-refractivity contribution >= 4 is 11.8 Å². The Morgan fingerprint density at radius 1 is 1.03 bits per heavy atom. The minimum absolute atomic E-state index is 0.00359. The molecule has 2 aromatic carbocycles. The van der Waals surface area contributed by atoms with Crippen LogP contribution in [0.1, 0.15) is 59.9 Å². The highest BCUT2D eigenvalue weighted by atomic mass is 16.5. The number of Topliss-reactive ketones (excluding diaryl/α,β-unsaturated/α-hetero) is 1. The lowest BCUT2D eigenvalue weighted by molar-refractivity contribution is 0.0525. The molecule has 0 saturated heterocycles. The highest BCUT2D eigenvalue weighted by Crippen LogP contribution is 2.33. The number of benzene rings is 2. The van der Waals surface area contributed by atoms with Gasteiger partial charge in [-0.15, -0.1) is 0 Å². The van der Waals surface area contributed by atoms with Crippen molar-refractivity contribution in [2.45, 2.75) is 40.0 Å². The first-order valence-electron chi connectivity index (χ1n) is 9.86. The molecule has 0 aliphatic heterocycles. The standard InChI is InChI=1S/C23H28O6/c1-4-8-20-21(12-11-19(16(3)24)22(20)25)29-14-7-13-28-18-10-6-9-17(15-18)23(26)27-5-2/h6,9-12,15,25H,4-5,7-8,13-14H2,1-3H3. The van der Waals surface area contributed by atoms with Gasteiger partial charge in [-0.3, -0.25) is 4.79 Å². The van der Waals surface area contributed by atoms with Gasteiger partial charge < -0.3 is 19.3 Å². The van der Waals surface area contributed by atoms with Gasteiger partial charge in [0.15, 0.2) is 5.78 Å². The van der Waals surface area contributed by atoms with Gasteiger partial charge in [-0.25, -0.2) is 4.79 Å². The molecule has 156 valence electrons. The van der Waals surface area contributed by atoms with Crippen molar-refractivity contribution in [3.8, 4) is 17.2 Å². The van der Waals surface area contributed by atoms with Crippen LogP contribution >= 0.6 is 0 Å². The number of aromatic hydroxyl groups is 1. The zero-order valence-electron chi connectivity index (χ0n) is 17.2. The van der Waals surface area contributed by atoms with Crippen molar-refractivity contribution in [1.29, 1.82) is 0 Å². The molecule has 1 N–H and O–H groups in total. The Kier molecular flexibility index (Phi) is 8.52. The first kappa shape index (κ1) is 22.3. The Labute approximate surface area is 171 Å². The molecule has 0 aromatic heterocycles. The number of rotatable bonds is 11.